The quantitative estimate of drug-likeness (QED) is 0.803. The van der Waals surface area contributed by atoms with Crippen molar-refractivity contribution in [2.75, 3.05) is 12.8 Å². The number of benzene rings is 2. The lowest BCUT2D eigenvalue weighted by Gasteiger charge is -2.09. The normalized spacial score (nSPS) is 11.1. The maximum atomic E-state index is 6.29. The number of nitrogen functional groups attached to an aromatic ring is 1. The van der Waals surface area contributed by atoms with E-state index in [9.17, 15) is 0 Å². The van der Waals surface area contributed by atoms with Crippen LogP contribution >= 0.6 is 11.6 Å². The second kappa shape index (κ2) is 5.15. The van der Waals surface area contributed by atoms with Crippen molar-refractivity contribution in [3.05, 3.63) is 53.1 Å². The van der Waals surface area contributed by atoms with Gasteiger partial charge in [0.15, 0.2) is 0 Å². The van der Waals surface area contributed by atoms with E-state index in [0.29, 0.717) is 17.6 Å². The summed E-state index contributed by atoms with van der Waals surface area (Å²) >= 11 is 6.29. The summed E-state index contributed by atoms with van der Waals surface area (Å²) in [5.74, 6) is 0.419. The summed E-state index contributed by atoms with van der Waals surface area (Å²) in [5, 5.41) is 0.629. The molecule has 2 N–H and O–H groups in total. The number of nitrogens with two attached hydrogens (primary N) is 1. The lowest BCUT2D eigenvalue weighted by atomic mass is 10.2. The van der Waals surface area contributed by atoms with Gasteiger partial charge in [0.2, 0.25) is 5.95 Å². The van der Waals surface area contributed by atoms with Crippen molar-refractivity contribution >= 4 is 28.6 Å². The molecule has 3 rings (SSSR count). The summed E-state index contributed by atoms with van der Waals surface area (Å²) in [6, 6.07) is 13.6. The van der Waals surface area contributed by atoms with Gasteiger partial charge in [0.05, 0.1) is 22.7 Å². The third-order valence-corrected chi connectivity index (χ3v) is 3.44. The first-order chi connectivity index (χ1) is 9.70. The number of rotatable bonds is 3. The van der Waals surface area contributed by atoms with Gasteiger partial charge in [0.1, 0.15) is 0 Å². The molecule has 3 aromatic rings. The van der Waals surface area contributed by atoms with Gasteiger partial charge < -0.3 is 10.5 Å². The number of hydrogen-bond acceptors (Lipinski definition) is 3. The van der Waals surface area contributed by atoms with Crippen LogP contribution in [0.1, 0.15) is 5.56 Å². The Bertz CT molecular complexity index is 767. The molecule has 0 saturated carbocycles. The van der Waals surface area contributed by atoms with Crippen molar-refractivity contribution in [1.29, 1.82) is 0 Å². The van der Waals surface area contributed by atoms with Crippen molar-refractivity contribution in [3.63, 3.8) is 0 Å². The predicted molar refractivity (Wildman–Crippen MR) is 81.2 cm³/mol. The number of nitrogens with zero attached hydrogens (tertiary/aromatic N) is 2. The molecule has 1 heterocycles. The number of methoxy groups -OCH3 is 1. The smallest absolute Gasteiger partial charge is 0.205 e. The number of anilines is 1. The Morgan fingerprint density at radius 3 is 2.85 bits per heavy atom. The fourth-order valence-corrected chi connectivity index (χ4v) is 2.57. The molecule has 0 aliphatic rings. The van der Waals surface area contributed by atoms with Gasteiger partial charge in [-0.15, -0.1) is 0 Å². The molecular formula is C15H14ClN3O. The van der Waals surface area contributed by atoms with Gasteiger partial charge in [-0.3, -0.25) is 4.57 Å². The van der Waals surface area contributed by atoms with Gasteiger partial charge in [-0.1, -0.05) is 29.8 Å². The minimum Gasteiger partial charge on any atom is -0.380 e. The van der Waals surface area contributed by atoms with E-state index in [4.69, 9.17) is 22.1 Å². The Kier molecular flexibility index (Phi) is 3.34. The molecule has 0 saturated heterocycles. The summed E-state index contributed by atoms with van der Waals surface area (Å²) in [7, 11) is 1.67. The number of imidazole rings is 1. The molecule has 102 valence electrons. The Morgan fingerprint density at radius 2 is 2.05 bits per heavy atom. The molecule has 5 heteroatoms. The largest absolute Gasteiger partial charge is 0.380 e. The summed E-state index contributed by atoms with van der Waals surface area (Å²) in [5.41, 5.74) is 9.64. The third kappa shape index (κ3) is 2.13. The van der Waals surface area contributed by atoms with Gasteiger partial charge in [-0.05, 0) is 29.8 Å². The molecule has 0 radical (unpaired) electrons. The van der Waals surface area contributed by atoms with Crippen molar-refractivity contribution in [1.82, 2.24) is 9.55 Å². The summed E-state index contributed by atoms with van der Waals surface area (Å²) in [4.78, 5) is 4.35. The molecule has 0 aliphatic carbocycles. The fourth-order valence-electron chi connectivity index (χ4n) is 2.32. The lowest BCUT2D eigenvalue weighted by Crippen LogP contribution is -2.01. The van der Waals surface area contributed by atoms with Crippen LogP contribution < -0.4 is 5.73 Å². The van der Waals surface area contributed by atoms with Crippen LogP contribution in [0.2, 0.25) is 5.02 Å². The molecule has 0 unspecified atom stereocenters. The Labute approximate surface area is 121 Å². The molecule has 0 amide bonds. The maximum Gasteiger partial charge on any atom is 0.205 e. The van der Waals surface area contributed by atoms with Crippen LogP contribution in [-0.4, -0.2) is 16.7 Å². The first kappa shape index (κ1) is 13.0. The number of ether oxygens (including phenoxy) is 1. The van der Waals surface area contributed by atoms with Crippen LogP contribution in [0.15, 0.2) is 42.5 Å². The maximum absolute atomic E-state index is 6.29. The van der Waals surface area contributed by atoms with Gasteiger partial charge >= 0.3 is 0 Å². The van der Waals surface area contributed by atoms with Gasteiger partial charge in [-0.25, -0.2) is 4.98 Å². The fraction of sp³-hybridized carbons (Fsp3) is 0.133. The van der Waals surface area contributed by atoms with Crippen LogP contribution in [0.4, 0.5) is 5.95 Å². The SMILES string of the molecule is COCc1cccc(-n2c(N)nc3cccc(Cl)c32)c1. The highest BCUT2D eigenvalue weighted by Gasteiger charge is 2.12. The highest BCUT2D eigenvalue weighted by Crippen LogP contribution is 2.29. The van der Waals surface area contributed by atoms with E-state index in [0.717, 1.165) is 22.3 Å². The number of aromatic nitrogens is 2. The minimum atomic E-state index is 0.419. The van der Waals surface area contributed by atoms with E-state index >= 15 is 0 Å². The highest BCUT2D eigenvalue weighted by molar-refractivity contribution is 6.35. The number of para-hydroxylation sites is 1. The molecule has 0 atom stereocenters. The van der Waals surface area contributed by atoms with Crippen LogP contribution in [0.5, 0.6) is 0 Å². The Morgan fingerprint density at radius 1 is 1.25 bits per heavy atom. The molecule has 4 nitrogen and oxygen atoms in total. The van der Waals surface area contributed by atoms with Crippen molar-refractivity contribution in [3.8, 4) is 5.69 Å². The zero-order chi connectivity index (χ0) is 14.1. The summed E-state index contributed by atoms with van der Waals surface area (Å²) in [6.45, 7) is 0.550. The van der Waals surface area contributed by atoms with Crippen molar-refractivity contribution < 1.29 is 4.74 Å². The van der Waals surface area contributed by atoms with E-state index in [-0.39, 0.29) is 0 Å². The molecule has 0 fully saturated rings. The van der Waals surface area contributed by atoms with Gasteiger partial charge in [0, 0.05) is 12.8 Å². The molecule has 0 bridgehead atoms. The third-order valence-electron chi connectivity index (χ3n) is 3.13. The van der Waals surface area contributed by atoms with Crippen molar-refractivity contribution in [2.45, 2.75) is 6.61 Å². The Balaban J connectivity index is 2.24. The standard InChI is InChI=1S/C15H14ClN3O/c1-20-9-10-4-2-5-11(8-10)19-14-12(16)6-3-7-13(14)18-15(19)17/h2-8H,9H2,1H3,(H2,17,18). The summed E-state index contributed by atoms with van der Waals surface area (Å²) < 4.78 is 7.02. The molecule has 0 aliphatic heterocycles. The number of halogens is 1. The van der Waals surface area contributed by atoms with Crippen LogP contribution in [-0.2, 0) is 11.3 Å². The first-order valence-corrected chi connectivity index (χ1v) is 6.59. The number of fused-ring (bicyclic) bond motifs is 1. The molecule has 0 spiro atoms. The molecule has 1 aromatic heterocycles. The van der Waals surface area contributed by atoms with E-state index < -0.39 is 0 Å². The molecule has 20 heavy (non-hydrogen) atoms. The van der Waals surface area contributed by atoms with E-state index in [1.165, 1.54) is 0 Å². The van der Waals surface area contributed by atoms with Crippen LogP contribution in [0.25, 0.3) is 16.7 Å². The summed E-state index contributed by atoms with van der Waals surface area (Å²) in [6.07, 6.45) is 0. The molecular weight excluding hydrogens is 274 g/mol. The van der Waals surface area contributed by atoms with Crippen LogP contribution in [0.3, 0.4) is 0 Å². The lowest BCUT2D eigenvalue weighted by molar-refractivity contribution is 0.185. The van der Waals surface area contributed by atoms with E-state index in [1.54, 1.807) is 7.11 Å². The molecule has 2 aromatic carbocycles. The van der Waals surface area contributed by atoms with Gasteiger partial charge in [0.25, 0.3) is 0 Å². The second-order valence-corrected chi connectivity index (χ2v) is 4.92. The second-order valence-electron chi connectivity index (χ2n) is 4.52. The van der Waals surface area contributed by atoms with E-state index in [2.05, 4.69) is 4.98 Å². The van der Waals surface area contributed by atoms with Gasteiger partial charge in [-0.2, -0.15) is 0 Å². The average molecular weight is 288 g/mol. The van der Waals surface area contributed by atoms with E-state index in [1.807, 2.05) is 47.0 Å². The van der Waals surface area contributed by atoms with Crippen LogP contribution in [0, 0.1) is 0 Å². The average Bonchev–Trinajstić information content (AvgIpc) is 2.77. The number of hydrogen-bond donors (Lipinski definition) is 1. The Hall–Kier alpha value is -2.04. The predicted octanol–water partition coefficient (Wildman–Crippen LogP) is 3.41. The topological polar surface area (TPSA) is 53.1 Å². The first-order valence-electron chi connectivity index (χ1n) is 6.21. The monoisotopic (exact) mass is 287 g/mol. The highest BCUT2D eigenvalue weighted by atomic mass is 35.5. The van der Waals surface area contributed by atoms with Crippen molar-refractivity contribution in [2.24, 2.45) is 0 Å². The zero-order valence-electron chi connectivity index (χ0n) is 11.0. The zero-order valence-corrected chi connectivity index (χ0v) is 11.8. The minimum absolute atomic E-state index is 0.419.